The molecule has 0 fully saturated rings. The fourth-order valence-electron chi connectivity index (χ4n) is 5.44. The number of hydrogen-bond acceptors (Lipinski definition) is 3. The molecular weight excluding hydrogens is 989 g/mol. The largest absolute Gasteiger partial charge is 3.00 e. The van der Waals surface area contributed by atoms with Gasteiger partial charge in [-0.25, -0.2) is 36.4 Å². The minimum atomic E-state index is 0. The number of para-hydroxylation sites is 3. The Morgan fingerprint density at radius 2 is 1.15 bits per heavy atom. The van der Waals surface area contributed by atoms with E-state index in [1.165, 1.54) is 0 Å². The smallest absolute Gasteiger partial charge is 0.408 e. The molecule has 2 heterocycles. The molecule has 0 aliphatic carbocycles. The summed E-state index contributed by atoms with van der Waals surface area (Å²) in [6, 6.07) is 63.9. The zero-order valence-electron chi connectivity index (χ0n) is 30.6. The number of rotatable bonds is 5. The van der Waals surface area contributed by atoms with Crippen LogP contribution < -0.4 is 0 Å². The van der Waals surface area contributed by atoms with E-state index in [0.717, 1.165) is 67.4 Å². The van der Waals surface area contributed by atoms with E-state index in [-0.39, 0.29) is 107 Å². The monoisotopic (exact) mass is 1030 g/mol. The van der Waals surface area contributed by atoms with E-state index in [0.29, 0.717) is 0 Å². The second kappa shape index (κ2) is 21.8. The molecule has 8 rings (SSSR count). The summed E-state index contributed by atoms with van der Waals surface area (Å²) in [5.41, 5.74) is 9.61. The molecule has 6 aromatic carbocycles. The van der Waals surface area contributed by atoms with E-state index in [2.05, 4.69) is 89.9 Å². The summed E-state index contributed by atoms with van der Waals surface area (Å²) < 4.78 is 2.16. The van der Waals surface area contributed by atoms with Gasteiger partial charge >= 0.3 is 32.7 Å². The van der Waals surface area contributed by atoms with Crippen molar-refractivity contribution in [1.29, 1.82) is 0 Å². The molecule has 261 valence electrons. The minimum absolute atomic E-state index is 0. The van der Waals surface area contributed by atoms with Gasteiger partial charge in [-0.2, -0.15) is 17.7 Å². The van der Waals surface area contributed by atoms with Crippen LogP contribution in [0.4, 0.5) is 0 Å². The third kappa shape index (κ3) is 11.2. The number of imidazole rings is 1. The summed E-state index contributed by atoms with van der Waals surface area (Å²) in [6.45, 7) is 6.44. The molecule has 5 radical (unpaired) electrons. The predicted octanol–water partition coefficient (Wildman–Crippen LogP) is 10.3. The van der Waals surface area contributed by atoms with Crippen molar-refractivity contribution in [3.05, 3.63) is 189 Å². The fraction of sp³-hybridized carbons (Fsp3) is 0.0870. The molecule has 0 aliphatic rings. The van der Waals surface area contributed by atoms with Crippen LogP contribution in [0.25, 0.3) is 61.8 Å². The SMILES string of the molecule is CC(C)(C)c1ccnc(-c2[c-]cccc2)n1.[B].[CH3-].[Ir].[Y+3].[Y].[c-]1ccc(-c2[c-]c(-c3nc4ccccc4n3-c3ccccc3)[c-]cc2)[c-]c1-c1[c-]cccc1. The number of nitrogens with zero attached hydrogens (tertiary/aromatic N) is 4. The Hall–Kier alpha value is -3.21. The van der Waals surface area contributed by atoms with Gasteiger partial charge in [0.25, 0.3) is 0 Å². The molecule has 0 atom stereocenters. The van der Waals surface area contributed by atoms with Crippen molar-refractivity contribution in [3.8, 4) is 50.7 Å². The van der Waals surface area contributed by atoms with E-state index in [9.17, 15) is 0 Å². The van der Waals surface area contributed by atoms with Gasteiger partial charge in [0.15, 0.2) is 0 Å². The molecule has 0 amide bonds. The third-order valence-electron chi connectivity index (χ3n) is 7.92. The summed E-state index contributed by atoms with van der Waals surface area (Å²) in [7, 11) is 0. The standard InChI is InChI=1S/C31H17N2.C14H15N2.CH3.B.Ir.2Y/c1-3-11-23(12-4-1)24-13-9-14-25(21-24)26-15-10-16-27(22-26)31-32-29-19-7-8-20-30(29)33(31)28-17-5-2-6-18-28;1-14(2,3)12-9-10-15-13(16-12)11-7-5-4-6-8-11;;;;;/h1-11,14-15,17-20H;4-7,9-10H,1-3H3;1H3;;;;/q-5;2*-1;;;;+3. The number of aromatic nitrogens is 4. The summed E-state index contributed by atoms with van der Waals surface area (Å²) in [4.78, 5) is 13.8. The van der Waals surface area contributed by atoms with Gasteiger partial charge in [0.1, 0.15) is 0 Å². The maximum Gasteiger partial charge on any atom is 3.00 e. The van der Waals surface area contributed by atoms with Crippen molar-refractivity contribution in [3.63, 3.8) is 0 Å². The molecule has 8 heteroatoms. The first-order valence-electron chi connectivity index (χ1n) is 16.1. The van der Waals surface area contributed by atoms with Crippen LogP contribution in [0.5, 0.6) is 0 Å². The van der Waals surface area contributed by atoms with Crippen LogP contribution in [0.15, 0.2) is 140 Å². The Balaban J connectivity index is 0.000000414. The van der Waals surface area contributed by atoms with Gasteiger partial charge in [0.05, 0.1) is 16.9 Å². The van der Waals surface area contributed by atoms with Gasteiger partial charge in [0, 0.05) is 90.0 Å². The molecule has 0 saturated carbocycles. The van der Waals surface area contributed by atoms with Crippen molar-refractivity contribution in [2.24, 2.45) is 0 Å². The average molecular weight is 1020 g/mol. The number of fused-ring (bicyclic) bond motifs is 1. The third-order valence-corrected chi connectivity index (χ3v) is 7.92. The minimum Gasteiger partial charge on any atom is -0.408 e. The first-order chi connectivity index (χ1) is 23.9. The molecule has 54 heavy (non-hydrogen) atoms. The van der Waals surface area contributed by atoms with E-state index in [1.807, 2.05) is 121 Å². The molecule has 2 aromatic heterocycles. The number of benzene rings is 6. The van der Waals surface area contributed by atoms with E-state index >= 15 is 0 Å². The summed E-state index contributed by atoms with van der Waals surface area (Å²) in [5.74, 6) is 1.55. The molecule has 8 aromatic rings. The van der Waals surface area contributed by atoms with Crippen LogP contribution in [0, 0.1) is 43.8 Å². The quantitative estimate of drug-likeness (QED) is 0.127. The Morgan fingerprint density at radius 1 is 0.574 bits per heavy atom. The van der Waals surface area contributed by atoms with Crippen LogP contribution in [0.2, 0.25) is 0 Å². The van der Waals surface area contributed by atoms with E-state index < -0.39 is 0 Å². The average Bonchev–Trinajstić information content (AvgIpc) is 3.56. The van der Waals surface area contributed by atoms with Crippen LogP contribution in [-0.2, 0) is 90.9 Å². The zero-order chi connectivity index (χ0) is 33.6. The molecule has 0 bridgehead atoms. The molecule has 0 saturated heterocycles. The predicted molar refractivity (Wildman–Crippen MR) is 209 cm³/mol. The van der Waals surface area contributed by atoms with Crippen molar-refractivity contribution in [1.82, 2.24) is 19.5 Å². The second-order valence-corrected chi connectivity index (χ2v) is 12.4. The van der Waals surface area contributed by atoms with Gasteiger partial charge in [-0.1, -0.05) is 51.1 Å². The summed E-state index contributed by atoms with van der Waals surface area (Å²) >= 11 is 0. The Kier molecular flexibility index (Phi) is 18.9. The maximum atomic E-state index is 4.94. The van der Waals surface area contributed by atoms with Crippen LogP contribution in [0.1, 0.15) is 26.5 Å². The first kappa shape index (κ1) is 46.9. The van der Waals surface area contributed by atoms with Crippen molar-refractivity contribution >= 4 is 19.4 Å². The van der Waals surface area contributed by atoms with Crippen LogP contribution >= 0.6 is 0 Å². The van der Waals surface area contributed by atoms with Gasteiger partial charge in [-0.05, 0) is 30.3 Å². The van der Waals surface area contributed by atoms with Crippen LogP contribution in [0.3, 0.4) is 0 Å². The molecule has 4 nitrogen and oxygen atoms in total. The summed E-state index contributed by atoms with van der Waals surface area (Å²) in [6.07, 6.45) is 1.81. The molecule has 0 spiro atoms. The van der Waals surface area contributed by atoms with E-state index in [4.69, 9.17) is 4.98 Å². The Bertz CT molecular complexity index is 2330. The molecule has 0 unspecified atom stereocenters. The Labute approximate surface area is 386 Å². The molecular formula is C46H35BIrN4Y2-4. The normalized spacial score (nSPS) is 10.1. The van der Waals surface area contributed by atoms with Gasteiger partial charge in [-0.3, -0.25) is 27.7 Å². The molecule has 0 N–H and O–H groups in total. The van der Waals surface area contributed by atoms with Gasteiger partial charge in [0.2, 0.25) is 0 Å². The maximum absolute atomic E-state index is 4.94. The summed E-state index contributed by atoms with van der Waals surface area (Å²) in [5, 5.41) is 0. The fourth-order valence-corrected chi connectivity index (χ4v) is 5.44. The van der Waals surface area contributed by atoms with Gasteiger partial charge < -0.3 is 45.8 Å². The van der Waals surface area contributed by atoms with Crippen molar-refractivity contribution in [2.45, 2.75) is 26.2 Å². The zero-order valence-corrected chi connectivity index (χ0v) is 38.7. The first-order valence-corrected chi connectivity index (χ1v) is 16.1. The molecule has 0 aliphatic heterocycles. The van der Waals surface area contributed by atoms with Gasteiger partial charge in [-0.15, -0.1) is 42.0 Å². The van der Waals surface area contributed by atoms with Crippen molar-refractivity contribution in [2.75, 3.05) is 0 Å². The van der Waals surface area contributed by atoms with Crippen molar-refractivity contribution < 1.29 is 85.5 Å². The number of hydrogen-bond donors (Lipinski definition) is 0. The van der Waals surface area contributed by atoms with E-state index in [1.54, 1.807) is 0 Å². The topological polar surface area (TPSA) is 43.6 Å². The van der Waals surface area contributed by atoms with Crippen LogP contribution in [-0.4, -0.2) is 27.9 Å². The second-order valence-electron chi connectivity index (χ2n) is 12.4. The Morgan fingerprint density at radius 3 is 1.78 bits per heavy atom.